The molecule has 0 saturated heterocycles. The van der Waals surface area contributed by atoms with Gasteiger partial charge in [-0.25, -0.2) is 4.79 Å². The number of carbonyl (C=O) groups is 2. The van der Waals surface area contributed by atoms with Gasteiger partial charge in [0.05, 0.1) is 0 Å². The molecule has 0 saturated carbocycles. The Morgan fingerprint density at radius 2 is 2.00 bits per heavy atom. The number of carbonyl (C=O) groups excluding carboxylic acids is 1. The van der Waals surface area contributed by atoms with Crippen LogP contribution in [0.25, 0.3) is 0 Å². The van der Waals surface area contributed by atoms with Crippen LogP contribution in [0.2, 0.25) is 0 Å². The summed E-state index contributed by atoms with van der Waals surface area (Å²) in [5.74, 6) is -1.88. The van der Waals surface area contributed by atoms with Gasteiger partial charge in [0.25, 0.3) is 5.91 Å². The maximum Gasteiger partial charge on any atom is 0.371 e. The summed E-state index contributed by atoms with van der Waals surface area (Å²) in [6, 6.07) is 2.54. The second-order valence-electron chi connectivity index (χ2n) is 2.05. The average Bonchev–Trinajstić information content (AvgIpc) is 2.51. The van der Waals surface area contributed by atoms with Crippen LogP contribution in [0.5, 0.6) is 0 Å². The fourth-order valence-corrected chi connectivity index (χ4v) is 0.698. The topological polar surface area (TPSA) is 79.5 Å². The molecule has 0 radical (unpaired) electrons. The molecule has 1 heterocycles. The van der Waals surface area contributed by atoms with Crippen LogP contribution in [0.15, 0.2) is 16.5 Å². The van der Waals surface area contributed by atoms with Gasteiger partial charge in [0.15, 0.2) is 5.76 Å². The van der Waals surface area contributed by atoms with Crippen molar-refractivity contribution >= 4 is 11.9 Å². The second kappa shape index (κ2) is 3.08. The van der Waals surface area contributed by atoms with Crippen molar-refractivity contribution in [1.82, 2.24) is 5.32 Å². The smallest absolute Gasteiger partial charge is 0.371 e. The van der Waals surface area contributed by atoms with Crippen molar-refractivity contribution in [2.75, 3.05) is 7.05 Å². The molecule has 12 heavy (non-hydrogen) atoms. The Balaban J connectivity index is 2.91. The predicted octanol–water partition coefficient (Wildman–Crippen LogP) is 0.337. The lowest BCUT2D eigenvalue weighted by Gasteiger charge is -1.91. The van der Waals surface area contributed by atoms with Crippen molar-refractivity contribution in [3.63, 3.8) is 0 Å². The molecule has 0 bridgehead atoms. The molecular weight excluding hydrogens is 162 g/mol. The van der Waals surface area contributed by atoms with Crippen LogP contribution in [-0.4, -0.2) is 24.0 Å². The molecule has 0 fully saturated rings. The van der Waals surface area contributed by atoms with Crippen LogP contribution >= 0.6 is 0 Å². The Bertz CT molecular complexity index is 315. The third-order valence-electron chi connectivity index (χ3n) is 1.27. The minimum atomic E-state index is -1.19. The molecule has 1 aromatic heterocycles. The normalized spacial score (nSPS) is 9.42. The van der Waals surface area contributed by atoms with E-state index in [1.54, 1.807) is 0 Å². The van der Waals surface area contributed by atoms with Gasteiger partial charge < -0.3 is 14.8 Å². The molecular formula is C7H7NO4. The van der Waals surface area contributed by atoms with Gasteiger partial charge >= 0.3 is 5.97 Å². The summed E-state index contributed by atoms with van der Waals surface area (Å²) in [5, 5.41) is 10.7. The van der Waals surface area contributed by atoms with E-state index in [1.807, 2.05) is 0 Å². The molecule has 0 unspecified atom stereocenters. The SMILES string of the molecule is CNC(=O)c1ccc(C(=O)O)o1. The largest absolute Gasteiger partial charge is 0.475 e. The summed E-state index contributed by atoms with van der Waals surface area (Å²) >= 11 is 0. The Morgan fingerprint density at radius 1 is 1.42 bits per heavy atom. The number of furan rings is 1. The highest BCUT2D eigenvalue weighted by atomic mass is 16.4. The Hall–Kier alpha value is -1.78. The molecule has 0 aliphatic carbocycles. The van der Waals surface area contributed by atoms with Gasteiger partial charge in [-0.1, -0.05) is 0 Å². The van der Waals surface area contributed by atoms with Crippen molar-refractivity contribution in [2.45, 2.75) is 0 Å². The number of rotatable bonds is 2. The van der Waals surface area contributed by atoms with Gasteiger partial charge in [-0.15, -0.1) is 0 Å². The quantitative estimate of drug-likeness (QED) is 0.668. The van der Waals surface area contributed by atoms with E-state index < -0.39 is 11.9 Å². The van der Waals surface area contributed by atoms with E-state index in [4.69, 9.17) is 5.11 Å². The molecule has 5 heteroatoms. The van der Waals surface area contributed by atoms with Gasteiger partial charge in [-0.2, -0.15) is 0 Å². The number of hydrogen-bond donors (Lipinski definition) is 2. The van der Waals surface area contributed by atoms with Crippen molar-refractivity contribution in [1.29, 1.82) is 0 Å². The van der Waals surface area contributed by atoms with Crippen molar-refractivity contribution in [2.24, 2.45) is 0 Å². The first-order valence-corrected chi connectivity index (χ1v) is 3.20. The first-order valence-electron chi connectivity index (χ1n) is 3.20. The molecule has 1 aromatic rings. The zero-order valence-corrected chi connectivity index (χ0v) is 6.33. The lowest BCUT2D eigenvalue weighted by Crippen LogP contribution is -2.16. The molecule has 64 valence electrons. The van der Waals surface area contributed by atoms with Crippen LogP contribution in [0.4, 0.5) is 0 Å². The Morgan fingerprint density at radius 3 is 2.42 bits per heavy atom. The highest BCUT2D eigenvalue weighted by molar-refractivity contribution is 5.93. The zero-order valence-electron chi connectivity index (χ0n) is 6.33. The molecule has 0 atom stereocenters. The maximum atomic E-state index is 10.9. The lowest BCUT2D eigenvalue weighted by molar-refractivity contribution is 0.0659. The van der Waals surface area contributed by atoms with Gasteiger partial charge in [0.1, 0.15) is 0 Å². The summed E-state index contributed by atoms with van der Waals surface area (Å²) < 4.78 is 4.69. The van der Waals surface area contributed by atoms with Crippen LogP contribution in [-0.2, 0) is 0 Å². The Labute approximate surface area is 68.0 Å². The number of nitrogens with one attached hydrogen (secondary N) is 1. The van der Waals surface area contributed by atoms with Crippen LogP contribution in [0, 0.1) is 0 Å². The molecule has 1 rings (SSSR count). The standard InChI is InChI=1S/C7H7NO4/c1-8-6(9)4-2-3-5(12-4)7(10)11/h2-3H,1H3,(H,8,9)(H,10,11). The highest BCUT2D eigenvalue weighted by Crippen LogP contribution is 2.06. The summed E-state index contributed by atoms with van der Waals surface area (Å²) in [6.45, 7) is 0. The van der Waals surface area contributed by atoms with Crippen LogP contribution in [0.3, 0.4) is 0 Å². The highest BCUT2D eigenvalue weighted by Gasteiger charge is 2.12. The van der Waals surface area contributed by atoms with Gasteiger partial charge in [0, 0.05) is 7.05 Å². The molecule has 1 amide bonds. The number of aromatic carboxylic acids is 1. The average molecular weight is 169 g/mol. The summed E-state index contributed by atoms with van der Waals surface area (Å²) in [4.78, 5) is 21.2. The minimum absolute atomic E-state index is 0.00472. The third-order valence-corrected chi connectivity index (χ3v) is 1.27. The summed E-state index contributed by atoms with van der Waals surface area (Å²) in [7, 11) is 1.44. The number of carboxylic acid groups (broad SMARTS) is 1. The van der Waals surface area contributed by atoms with E-state index in [0.29, 0.717) is 0 Å². The van der Waals surface area contributed by atoms with E-state index in [1.165, 1.54) is 19.2 Å². The third kappa shape index (κ3) is 1.45. The van der Waals surface area contributed by atoms with Gasteiger partial charge in [0.2, 0.25) is 5.76 Å². The second-order valence-corrected chi connectivity index (χ2v) is 2.05. The maximum absolute atomic E-state index is 10.9. The van der Waals surface area contributed by atoms with Crippen molar-refractivity contribution in [3.8, 4) is 0 Å². The lowest BCUT2D eigenvalue weighted by atomic mass is 10.4. The molecule has 0 aliphatic heterocycles. The van der Waals surface area contributed by atoms with Crippen LogP contribution < -0.4 is 5.32 Å². The first kappa shape index (κ1) is 8.32. The van der Waals surface area contributed by atoms with E-state index in [9.17, 15) is 9.59 Å². The minimum Gasteiger partial charge on any atom is -0.475 e. The fourth-order valence-electron chi connectivity index (χ4n) is 0.698. The van der Waals surface area contributed by atoms with Crippen molar-refractivity contribution in [3.05, 3.63) is 23.7 Å². The number of carboxylic acids is 1. The van der Waals surface area contributed by atoms with E-state index in [2.05, 4.69) is 9.73 Å². The number of amides is 1. The molecule has 2 N–H and O–H groups in total. The van der Waals surface area contributed by atoms with E-state index >= 15 is 0 Å². The zero-order chi connectivity index (χ0) is 9.14. The number of hydrogen-bond acceptors (Lipinski definition) is 3. The summed E-state index contributed by atoms with van der Waals surface area (Å²) in [6.07, 6.45) is 0. The Kier molecular flexibility index (Phi) is 2.14. The van der Waals surface area contributed by atoms with Gasteiger partial charge in [-0.3, -0.25) is 4.79 Å². The molecule has 0 aliphatic rings. The monoisotopic (exact) mass is 169 g/mol. The molecule has 5 nitrogen and oxygen atoms in total. The first-order chi connectivity index (χ1) is 5.65. The fraction of sp³-hybridized carbons (Fsp3) is 0.143. The predicted molar refractivity (Wildman–Crippen MR) is 39.1 cm³/mol. The molecule has 0 spiro atoms. The van der Waals surface area contributed by atoms with E-state index in [-0.39, 0.29) is 11.5 Å². The molecule has 0 aromatic carbocycles. The summed E-state index contributed by atoms with van der Waals surface area (Å²) in [5.41, 5.74) is 0. The van der Waals surface area contributed by atoms with Gasteiger partial charge in [-0.05, 0) is 12.1 Å². The van der Waals surface area contributed by atoms with Crippen LogP contribution in [0.1, 0.15) is 21.1 Å². The van der Waals surface area contributed by atoms with Crippen molar-refractivity contribution < 1.29 is 19.1 Å². The van der Waals surface area contributed by atoms with E-state index in [0.717, 1.165) is 0 Å².